The van der Waals surface area contributed by atoms with Crippen molar-refractivity contribution in [1.82, 2.24) is 20.4 Å². The van der Waals surface area contributed by atoms with Crippen molar-refractivity contribution in [3.63, 3.8) is 0 Å². The van der Waals surface area contributed by atoms with Crippen molar-refractivity contribution in [2.45, 2.75) is 59.0 Å². The largest absolute Gasteiger partial charge is 0.369 e. The Balaban J connectivity index is 1.73. The maximum atomic E-state index is 12.2. The first-order valence-electron chi connectivity index (χ1n) is 9.11. The summed E-state index contributed by atoms with van der Waals surface area (Å²) in [5, 5.41) is 10.0. The molecule has 0 spiro atoms. The van der Waals surface area contributed by atoms with Gasteiger partial charge in [-0.05, 0) is 51.5 Å². The van der Waals surface area contributed by atoms with E-state index in [9.17, 15) is 14.4 Å². The minimum atomic E-state index is -1.21. The Morgan fingerprint density at radius 1 is 1.35 bits per heavy atom. The van der Waals surface area contributed by atoms with Crippen LogP contribution >= 0.6 is 0 Å². The van der Waals surface area contributed by atoms with E-state index >= 15 is 0 Å². The molecule has 1 aromatic heterocycles. The molecule has 26 heavy (non-hydrogen) atoms. The molecule has 1 fully saturated rings. The Kier molecular flexibility index (Phi) is 6.39. The molecule has 1 saturated carbocycles. The van der Waals surface area contributed by atoms with Gasteiger partial charge in [-0.1, -0.05) is 0 Å². The average Bonchev–Trinajstić information content (AvgIpc) is 3.21. The lowest BCUT2D eigenvalue weighted by Gasteiger charge is -2.21. The van der Waals surface area contributed by atoms with Crippen molar-refractivity contribution in [2.24, 2.45) is 17.1 Å². The van der Waals surface area contributed by atoms with Gasteiger partial charge >= 0.3 is 0 Å². The molecule has 0 aromatic carbocycles. The molecule has 0 bridgehead atoms. The zero-order chi connectivity index (χ0) is 19.3. The molecular weight excluding hydrogens is 334 g/mol. The monoisotopic (exact) mass is 363 g/mol. The lowest BCUT2D eigenvalue weighted by Crippen LogP contribution is -2.46. The Labute approximate surface area is 153 Å². The molecule has 1 heterocycles. The van der Waals surface area contributed by atoms with Crippen LogP contribution < -0.4 is 16.4 Å². The lowest BCUT2D eigenvalue weighted by atomic mass is 9.91. The van der Waals surface area contributed by atoms with Crippen LogP contribution in [0.3, 0.4) is 0 Å². The Morgan fingerprint density at radius 2 is 2.08 bits per heavy atom. The van der Waals surface area contributed by atoms with E-state index in [4.69, 9.17) is 5.73 Å². The van der Waals surface area contributed by atoms with E-state index in [0.29, 0.717) is 13.0 Å². The number of aryl methyl sites for hydroxylation is 1. The molecule has 2 atom stereocenters. The Hall–Kier alpha value is -2.38. The standard InChI is InChI=1S/C18H29N5O3/c1-4-23-11-13(10-21-23)8-15(24)22-14-6-5-12(7-14)9-20-17(26)18(2,3)16(19)25/h10-12,14H,4-9H2,1-3H3,(H2,19,25)(H,20,26)(H,22,24)/t12-,14+/m0/s1. The zero-order valence-electron chi connectivity index (χ0n) is 15.7. The zero-order valence-corrected chi connectivity index (χ0v) is 15.7. The maximum absolute atomic E-state index is 12.2. The fourth-order valence-electron chi connectivity index (χ4n) is 3.10. The summed E-state index contributed by atoms with van der Waals surface area (Å²) in [6.45, 7) is 6.31. The molecule has 4 N–H and O–H groups in total. The van der Waals surface area contributed by atoms with Gasteiger partial charge in [-0.2, -0.15) is 5.10 Å². The molecule has 8 heteroatoms. The highest BCUT2D eigenvalue weighted by atomic mass is 16.2. The molecule has 0 aliphatic heterocycles. The number of hydrogen-bond acceptors (Lipinski definition) is 4. The molecule has 1 aliphatic carbocycles. The first kappa shape index (κ1) is 19.9. The van der Waals surface area contributed by atoms with Gasteiger partial charge < -0.3 is 16.4 Å². The lowest BCUT2D eigenvalue weighted by molar-refractivity contribution is -0.139. The minimum absolute atomic E-state index is 0.00907. The number of carbonyl (C=O) groups excluding carboxylic acids is 3. The van der Waals surface area contributed by atoms with Gasteiger partial charge in [-0.15, -0.1) is 0 Å². The highest BCUT2D eigenvalue weighted by Crippen LogP contribution is 2.25. The first-order chi connectivity index (χ1) is 12.2. The second-order valence-corrected chi connectivity index (χ2v) is 7.52. The Bertz CT molecular complexity index is 668. The third-order valence-electron chi connectivity index (χ3n) is 5.02. The molecule has 1 aliphatic rings. The SMILES string of the molecule is CCn1cc(CC(=O)N[C@@H]2CC[C@H](CNC(=O)C(C)(C)C(N)=O)C2)cn1. The van der Waals surface area contributed by atoms with Crippen LogP contribution in [-0.4, -0.2) is 40.1 Å². The molecule has 2 rings (SSSR count). The van der Waals surface area contributed by atoms with Gasteiger partial charge in [-0.25, -0.2) is 0 Å². The van der Waals surface area contributed by atoms with E-state index in [1.165, 1.54) is 13.8 Å². The van der Waals surface area contributed by atoms with E-state index in [-0.39, 0.29) is 23.8 Å². The fraction of sp³-hybridized carbons (Fsp3) is 0.667. The molecule has 0 unspecified atom stereocenters. The predicted octanol–water partition coefficient (Wildman–Crippen LogP) is 0.358. The number of amides is 3. The number of aromatic nitrogens is 2. The van der Waals surface area contributed by atoms with Gasteiger partial charge in [-0.3, -0.25) is 19.1 Å². The normalized spacial score (nSPS) is 20.0. The van der Waals surface area contributed by atoms with Crippen molar-refractivity contribution in [2.75, 3.05) is 6.54 Å². The summed E-state index contributed by atoms with van der Waals surface area (Å²) in [7, 11) is 0. The third-order valence-corrected chi connectivity index (χ3v) is 5.02. The van der Waals surface area contributed by atoms with E-state index in [0.717, 1.165) is 31.4 Å². The number of primary amides is 1. The van der Waals surface area contributed by atoms with Crippen LogP contribution in [-0.2, 0) is 27.3 Å². The van der Waals surface area contributed by atoms with Gasteiger partial charge in [0.25, 0.3) is 0 Å². The number of nitrogens with one attached hydrogen (secondary N) is 2. The second-order valence-electron chi connectivity index (χ2n) is 7.52. The number of nitrogens with two attached hydrogens (primary N) is 1. The van der Waals surface area contributed by atoms with Crippen molar-refractivity contribution >= 4 is 17.7 Å². The molecule has 8 nitrogen and oxygen atoms in total. The number of rotatable bonds is 8. The maximum Gasteiger partial charge on any atom is 0.235 e. The minimum Gasteiger partial charge on any atom is -0.369 e. The molecule has 1 aromatic rings. The van der Waals surface area contributed by atoms with E-state index in [1.54, 1.807) is 10.9 Å². The van der Waals surface area contributed by atoms with Crippen molar-refractivity contribution < 1.29 is 14.4 Å². The fourth-order valence-corrected chi connectivity index (χ4v) is 3.10. The first-order valence-corrected chi connectivity index (χ1v) is 9.11. The molecular formula is C18H29N5O3. The number of nitrogens with zero attached hydrogens (tertiary/aromatic N) is 2. The highest BCUT2D eigenvalue weighted by Gasteiger charge is 2.35. The quantitative estimate of drug-likeness (QED) is 0.578. The van der Waals surface area contributed by atoms with Gasteiger partial charge in [0, 0.05) is 25.3 Å². The molecule has 144 valence electrons. The smallest absolute Gasteiger partial charge is 0.235 e. The summed E-state index contributed by atoms with van der Waals surface area (Å²) in [6.07, 6.45) is 6.56. The van der Waals surface area contributed by atoms with Crippen LogP contribution in [0.15, 0.2) is 12.4 Å². The van der Waals surface area contributed by atoms with Gasteiger partial charge in [0.05, 0.1) is 12.6 Å². The van der Waals surface area contributed by atoms with E-state index in [2.05, 4.69) is 15.7 Å². The summed E-state index contributed by atoms with van der Waals surface area (Å²) >= 11 is 0. The highest BCUT2D eigenvalue weighted by molar-refractivity contribution is 6.03. The van der Waals surface area contributed by atoms with Crippen LogP contribution in [0.1, 0.15) is 45.6 Å². The van der Waals surface area contributed by atoms with Crippen LogP contribution in [0.25, 0.3) is 0 Å². The summed E-state index contributed by atoms with van der Waals surface area (Å²) in [4.78, 5) is 35.5. The molecule has 0 saturated heterocycles. The van der Waals surface area contributed by atoms with Crippen LogP contribution in [0, 0.1) is 11.3 Å². The third kappa shape index (κ3) is 5.06. The van der Waals surface area contributed by atoms with Gasteiger partial charge in [0.1, 0.15) is 5.41 Å². The molecule has 0 radical (unpaired) electrons. The second kappa shape index (κ2) is 8.33. The van der Waals surface area contributed by atoms with Crippen molar-refractivity contribution in [3.8, 4) is 0 Å². The number of carbonyl (C=O) groups is 3. The predicted molar refractivity (Wildman–Crippen MR) is 96.9 cm³/mol. The summed E-state index contributed by atoms with van der Waals surface area (Å²) in [6, 6.07) is 0.120. The van der Waals surface area contributed by atoms with E-state index in [1.807, 2.05) is 13.1 Å². The molecule has 3 amide bonds. The van der Waals surface area contributed by atoms with E-state index < -0.39 is 11.3 Å². The summed E-state index contributed by atoms with van der Waals surface area (Å²) in [5.41, 5.74) is 4.94. The summed E-state index contributed by atoms with van der Waals surface area (Å²) < 4.78 is 1.80. The van der Waals surface area contributed by atoms with Gasteiger partial charge in [0.2, 0.25) is 17.7 Å². The Morgan fingerprint density at radius 3 is 2.69 bits per heavy atom. The van der Waals surface area contributed by atoms with Crippen molar-refractivity contribution in [1.29, 1.82) is 0 Å². The summed E-state index contributed by atoms with van der Waals surface area (Å²) in [5.74, 6) is -0.718. The van der Waals surface area contributed by atoms with Crippen LogP contribution in [0.4, 0.5) is 0 Å². The van der Waals surface area contributed by atoms with Gasteiger partial charge in [0.15, 0.2) is 0 Å². The van der Waals surface area contributed by atoms with Crippen LogP contribution in [0.2, 0.25) is 0 Å². The number of hydrogen-bond donors (Lipinski definition) is 3. The average molecular weight is 363 g/mol. The van der Waals surface area contributed by atoms with Crippen LogP contribution in [0.5, 0.6) is 0 Å². The topological polar surface area (TPSA) is 119 Å². The van der Waals surface area contributed by atoms with Crippen molar-refractivity contribution in [3.05, 3.63) is 18.0 Å².